The molecular formula is C32H57N9O5S. The van der Waals surface area contributed by atoms with Crippen LogP contribution in [0, 0.1) is 35.5 Å². The third kappa shape index (κ3) is 9.28. The number of urea groups is 2. The SMILES string of the molecule is CN(CCCN=C(N)NC(N)=O)CCCN=C(N)NC(=O)N(C12CC3CC(CC(C3)C1)C2)C12CC3CC(CC(C3)C1)C2.CS(=O)(=O)O. The lowest BCUT2D eigenvalue weighted by atomic mass is 9.48. The second-order valence-corrected chi connectivity index (χ2v) is 17.3. The van der Waals surface area contributed by atoms with E-state index >= 15 is 0 Å². The van der Waals surface area contributed by atoms with Crippen molar-refractivity contribution in [2.75, 3.05) is 39.5 Å². The van der Waals surface area contributed by atoms with Gasteiger partial charge in [-0.05, 0) is 146 Å². The maximum Gasteiger partial charge on any atom is 0.325 e. The van der Waals surface area contributed by atoms with Crippen molar-refractivity contribution in [3.63, 3.8) is 0 Å². The van der Waals surface area contributed by atoms with E-state index in [1.54, 1.807) is 0 Å². The Morgan fingerprint density at radius 3 is 1.36 bits per heavy atom. The zero-order valence-corrected chi connectivity index (χ0v) is 29.0. The monoisotopic (exact) mass is 679 g/mol. The largest absolute Gasteiger partial charge is 0.370 e. The second-order valence-electron chi connectivity index (χ2n) is 15.8. The van der Waals surface area contributed by atoms with Gasteiger partial charge in [0.15, 0.2) is 11.9 Å². The van der Waals surface area contributed by atoms with Crippen molar-refractivity contribution in [2.45, 2.75) is 101 Å². The van der Waals surface area contributed by atoms with Crippen LogP contribution in [0.25, 0.3) is 0 Å². The Hall–Kier alpha value is -2.65. The van der Waals surface area contributed by atoms with Gasteiger partial charge in [-0.1, -0.05) is 0 Å². The summed E-state index contributed by atoms with van der Waals surface area (Å²) in [6, 6.07) is -0.680. The highest BCUT2D eigenvalue weighted by atomic mass is 32.2. The minimum atomic E-state index is -3.67. The van der Waals surface area contributed by atoms with E-state index in [1.807, 2.05) is 0 Å². The molecule has 8 saturated carbocycles. The molecule has 9 N–H and O–H groups in total. The smallest absolute Gasteiger partial charge is 0.325 e. The molecule has 0 saturated heterocycles. The Kier molecular flexibility index (Phi) is 11.0. The Labute approximate surface area is 279 Å². The van der Waals surface area contributed by atoms with E-state index < -0.39 is 16.1 Å². The number of aliphatic imine (C=N–C) groups is 2. The average Bonchev–Trinajstić information content (AvgIpc) is 2.90. The number of guanidine groups is 2. The van der Waals surface area contributed by atoms with E-state index in [1.165, 1.54) is 77.0 Å². The molecule has 0 aromatic heterocycles. The summed E-state index contributed by atoms with van der Waals surface area (Å²) in [7, 11) is -1.61. The van der Waals surface area contributed by atoms with Gasteiger partial charge >= 0.3 is 12.1 Å². The first-order chi connectivity index (χ1) is 22.1. The molecule has 0 spiro atoms. The Bertz CT molecular complexity index is 1200. The lowest BCUT2D eigenvalue weighted by Crippen LogP contribution is -2.73. The van der Waals surface area contributed by atoms with Crippen molar-refractivity contribution in [3.05, 3.63) is 0 Å². The van der Waals surface area contributed by atoms with Gasteiger partial charge in [0.1, 0.15) is 0 Å². The maximum absolute atomic E-state index is 14.4. The zero-order chi connectivity index (χ0) is 34.0. The van der Waals surface area contributed by atoms with Crippen molar-refractivity contribution in [2.24, 2.45) is 62.7 Å². The highest BCUT2D eigenvalue weighted by Gasteiger charge is 2.63. The van der Waals surface area contributed by atoms with Crippen LogP contribution in [0.4, 0.5) is 9.59 Å². The summed E-state index contributed by atoms with van der Waals surface area (Å²) in [6.45, 7) is 2.78. The van der Waals surface area contributed by atoms with E-state index in [0.29, 0.717) is 19.3 Å². The summed E-state index contributed by atoms with van der Waals surface area (Å²) in [6.07, 6.45) is 17.8. The fourth-order valence-electron chi connectivity index (χ4n) is 11.2. The average molecular weight is 680 g/mol. The number of hydrogen-bond donors (Lipinski definition) is 6. The summed E-state index contributed by atoms with van der Waals surface area (Å²) >= 11 is 0. The Morgan fingerprint density at radius 2 is 1.04 bits per heavy atom. The van der Waals surface area contributed by atoms with Crippen LogP contribution < -0.4 is 27.8 Å². The van der Waals surface area contributed by atoms with Gasteiger partial charge in [0.25, 0.3) is 10.1 Å². The van der Waals surface area contributed by atoms with Gasteiger partial charge in [-0.2, -0.15) is 8.42 Å². The molecule has 0 aromatic rings. The number of hydrogen-bond acceptors (Lipinski definition) is 7. The van der Waals surface area contributed by atoms with Crippen molar-refractivity contribution >= 4 is 34.1 Å². The third-order valence-electron chi connectivity index (χ3n) is 11.6. The molecule has 0 radical (unpaired) electrons. The van der Waals surface area contributed by atoms with Gasteiger partial charge in [-0.25, -0.2) is 9.59 Å². The van der Waals surface area contributed by atoms with Gasteiger partial charge in [0.2, 0.25) is 0 Å². The summed E-state index contributed by atoms with van der Waals surface area (Å²) in [5.74, 6) is 5.05. The van der Waals surface area contributed by atoms with Gasteiger partial charge < -0.3 is 27.0 Å². The lowest BCUT2D eigenvalue weighted by molar-refractivity contribution is -0.153. The second kappa shape index (κ2) is 14.5. The summed E-state index contributed by atoms with van der Waals surface area (Å²) in [4.78, 5) is 38.5. The molecule has 0 heterocycles. The minimum Gasteiger partial charge on any atom is -0.370 e. The molecule has 47 heavy (non-hydrogen) atoms. The molecule has 8 bridgehead atoms. The first-order valence-electron chi connectivity index (χ1n) is 17.5. The number of rotatable bonds is 10. The van der Waals surface area contributed by atoms with Crippen LogP contribution in [0.15, 0.2) is 9.98 Å². The molecule has 8 aliphatic rings. The first kappa shape index (κ1) is 35.7. The van der Waals surface area contributed by atoms with Crippen LogP contribution in [0.5, 0.6) is 0 Å². The number of nitrogens with zero attached hydrogens (tertiary/aromatic N) is 4. The van der Waals surface area contributed by atoms with E-state index in [-0.39, 0.29) is 29.0 Å². The van der Waals surface area contributed by atoms with Crippen molar-refractivity contribution < 1.29 is 22.6 Å². The van der Waals surface area contributed by atoms with E-state index in [9.17, 15) is 18.0 Å². The fraction of sp³-hybridized carbons (Fsp3) is 0.875. The van der Waals surface area contributed by atoms with Crippen LogP contribution in [0.1, 0.15) is 89.9 Å². The maximum atomic E-state index is 14.4. The fourth-order valence-corrected chi connectivity index (χ4v) is 11.2. The quantitative estimate of drug-likeness (QED) is 0.0869. The number of amides is 4. The highest BCUT2D eigenvalue weighted by Crippen LogP contribution is 2.64. The van der Waals surface area contributed by atoms with E-state index in [0.717, 1.165) is 61.4 Å². The van der Waals surface area contributed by atoms with Crippen molar-refractivity contribution in [3.8, 4) is 0 Å². The first-order valence-corrected chi connectivity index (χ1v) is 19.3. The molecule has 0 aromatic carbocycles. The summed E-state index contributed by atoms with van der Waals surface area (Å²) in [5, 5.41) is 5.38. The highest BCUT2D eigenvalue weighted by molar-refractivity contribution is 7.85. The molecule has 0 unspecified atom stereocenters. The van der Waals surface area contributed by atoms with E-state index in [2.05, 4.69) is 37.5 Å². The number of nitrogens with two attached hydrogens (primary N) is 3. The number of carbonyl (C=O) groups excluding carboxylic acids is 2. The van der Waals surface area contributed by atoms with Crippen LogP contribution in [-0.4, -0.2) is 97.3 Å². The molecule has 8 fully saturated rings. The Morgan fingerprint density at radius 1 is 0.723 bits per heavy atom. The van der Waals surface area contributed by atoms with Crippen molar-refractivity contribution in [1.29, 1.82) is 0 Å². The topological polar surface area (TPSA) is 222 Å². The summed E-state index contributed by atoms with van der Waals surface area (Å²) < 4.78 is 25.9. The lowest BCUT2D eigenvalue weighted by Gasteiger charge is -2.68. The molecule has 266 valence electrons. The van der Waals surface area contributed by atoms with Gasteiger partial charge in [-0.3, -0.25) is 25.2 Å². The molecular weight excluding hydrogens is 622 g/mol. The van der Waals surface area contributed by atoms with Gasteiger partial charge in [0, 0.05) is 24.2 Å². The standard InChI is InChI=1S/C31H53N9O2.CH4O3S/c1-39(6-2-4-35-26(32)37-28(34)41)7-3-5-36-27(33)38-29(42)40(30-14-20-8-21(15-30)10-22(9-20)16-30)31-17-23-11-24(18-31)13-25(12-23)19-31;1-5(2,3)4/h20-25H,2-19H2,1H3,(H3,33,36,38,42)(H5,32,34,35,37,41);1H3,(H,2,3,4). The predicted octanol–water partition coefficient (Wildman–Crippen LogP) is 2.45. The zero-order valence-electron chi connectivity index (χ0n) is 28.2. The van der Waals surface area contributed by atoms with Gasteiger partial charge in [-0.15, -0.1) is 0 Å². The van der Waals surface area contributed by atoms with E-state index in [4.69, 9.17) is 21.8 Å². The molecule has 14 nitrogen and oxygen atoms in total. The number of primary amides is 1. The van der Waals surface area contributed by atoms with Crippen LogP contribution in [0.2, 0.25) is 0 Å². The molecule has 8 rings (SSSR count). The summed E-state index contributed by atoms with van der Waals surface area (Å²) in [5.41, 5.74) is 17.0. The molecule has 0 aliphatic heterocycles. The Balaban J connectivity index is 0.000000807. The number of carbonyl (C=O) groups is 2. The predicted molar refractivity (Wildman–Crippen MR) is 182 cm³/mol. The molecule has 4 amide bonds. The van der Waals surface area contributed by atoms with Crippen LogP contribution in [0.3, 0.4) is 0 Å². The number of nitrogens with one attached hydrogen (secondary N) is 2. The van der Waals surface area contributed by atoms with Gasteiger partial charge in [0.05, 0.1) is 6.26 Å². The molecule has 8 aliphatic carbocycles. The molecule has 15 heteroatoms. The van der Waals surface area contributed by atoms with Crippen LogP contribution in [-0.2, 0) is 10.1 Å². The minimum absolute atomic E-state index is 0.0120. The molecule has 0 atom stereocenters. The van der Waals surface area contributed by atoms with Crippen LogP contribution >= 0.6 is 0 Å². The normalized spacial score (nSPS) is 35.4. The third-order valence-corrected chi connectivity index (χ3v) is 11.6. The van der Waals surface area contributed by atoms with Crippen molar-refractivity contribution in [1.82, 2.24) is 20.4 Å².